The number of anilines is 1. The van der Waals surface area contributed by atoms with Crippen molar-refractivity contribution in [1.82, 2.24) is 14.8 Å². The van der Waals surface area contributed by atoms with Gasteiger partial charge in [-0.2, -0.15) is 11.3 Å². The first kappa shape index (κ1) is 15.5. The average molecular weight is 358 g/mol. The molecule has 0 radical (unpaired) electrons. The first-order valence-electron chi connectivity index (χ1n) is 8.07. The lowest BCUT2D eigenvalue weighted by molar-refractivity contribution is -0.116. The molecule has 0 bridgehead atoms. The van der Waals surface area contributed by atoms with Crippen molar-refractivity contribution >= 4 is 33.7 Å². The topological polar surface area (TPSA) is 59.8 Å². The highest BCUT2D eigenvalue weighted by molar-refractivity contribution is 7.15. The van der Waals surface area contributed by atoms with Crippen LogP contribution in [0.1, 0.15) is 48.2 Å². The van der Waals surface area contributed by atoms with Crippen molar-refractivity contribution in [2.75, 3.05) is 5.32 Å². The van der Waals surface area contributed by atoms with Crippen molar-refractivity contribution in [3.63, 3.8) is 0 Å². The second kappa shape index (κ2) is 6.86. The first-order chi connectivity index (χ1) is 11.8. The van der Waals surface area contributed by atoms with Crippen LogP contribution in [0.25, 0.3) is 0 Å². The van der Waals surface area contributed by atoms with E-state index in [0.29, 0.717) is 17.5 Å². The summed E-state index contributed by atoms with van der Waals surface area (Å²) in [5.41, 5.74) is 1.15. The summed E-state index contributed by atoms with van der Waals surface area (Å²) < 4.78 is 2.07. The fraction of sp³-hybridized carbons (Fsp3) is 0.353. The first-order valence-corrected chi connectivity index (χ1v) is 9.83. The van der Waals surface area contributed by atoms with Gasteiger partial charge in [0.15, 0.2) is 0 Å². The van der Waals surface area contributed by atoms with Crippen molar-refractivity contribution in [1.29, 1.82) is 0 Å². The van der Waals surface area contributed by atoms with E-state index in [1.165, 1.54) is 30.6 Å². The van der Waals surface area contributed by atoms with Crippen LogP contribution < -0.4 is 5.32 Å². The zero-order chi connectivity index (χ0) is 16.4. The molecule has 1 aliphatic rings. The molecule has 1 N–H and O–H groups in total. The molecule has 124 valence electrons. The average Bonchev–Trinajstić information content (AvgIpc) is 3.26. The van der Waals surface area contributed by atoms with Crippen LogP contribution >= 0.6 is 22.7 Å². The van der Waals surface area contributed by atoms with Crippen molar-refractivity contribution in [3.05, 3.63) is 51.9 Å². The fourth-order valence-electron chi connectivity index (χ4n) is 2.87. The third kappa shape index (κ3) is 3.27. The Kier molecular flexibility index (Phi) is 4.44. The van der Waals surface area contributed by atoms with E-state index in [4.69, 9.17) is 0 Å². The molecule has 1 amide bonds. The van der Waals surface area contributed by atoms with Gasteiger partial charge in [-0.25, -0.2) is 0 Å². The molecule has 3 aromatic heterocycles. The van der Waals surface area contributed by atoms with E-state index in [9.17, 15) is 4.79 Å². The highest BCUT2D eigenvalue weighted by atomic mass is 32.1. The summed E-state index contributed by atoms with van der Waals surface area (Å²) >= 11 is 3.15. The Labute approximate surface area is 148 Å². The maximum Gasteiger partial charge on any atom is 0.228 e. The number of nitrogens with one attached hydrogen (secondary N) is 1. The third-order valence-corrected chi connectivity index (χ3v) is 6.14. The number of amides is 1. The number of hydrogen-bond donors (Lipinski definition) is 1. The lowest BCUT2D eigenvalue weighted by Gasteiger charge is -2.21. The van der Waals surface area contributed by atoms with E-state index >= 15 is 0 Å². The quantitative estimate of drug-likeness (QED) is 0.715. The van der Waals surface area contributed by atoms with E-state index < -0.39 is 0 Å². The summed E-state index contributed by atoms with van der Waals surface area (Å²) in [6, 6.07) is 6.03. The number of carbonyl (C=O) groups is 1. The molecule has 0 unspecified atom stereocenters. The van der Waals surface area contributed by atoms with Gasteiger partial charge < -0.3 is 9.88 Å². The lowest BCUT2D eigenvalue weighted by atomic mass is 9.86. The molecule has 1 saturated carbocycles. The van der Waals surface area contributed by atoms with Crippen LogP contribution in [-0.2, 0) is 4.79 Å². The van der Waals surface area contributed by atoms with Crippen LogP contribution in [0.15, 0.2) is 41.4 Å². The van der Waals surface area contributed by atoms with Gasteiger partial charge in [0.05, 0.1) is 12.5 Å². The number of carbonyl (C=O) groups excluding carboxylic acids is 1. The molecule has 0 aromatic carbocycles. The van der Waals surface area contributed by atoms with Crippen molar-refractivity contribution in [2.24, 2.45) is 0 Å². The normalized spacial score (nSPS) is 15.8. The van der Waals surface area contributed by atoms with Gasteiger partial charge in [-0.1, -0.05) is 17.8 Å². The van der Waals surface area contributed by atoms with Crippen molar-refractivity contribution in [2.45, 2.75) is 37.6 Å². The highest BCUT2D eigenvalue weighted by Gasteiger charge is 2.24. The van der Waals surface area contributed by atoms with E-state index in [2.05, 4.69) is 31.5 Å². The molecular weight excluding hydrogens is 340 g/mol. The summed E-state index contributed by atoms with van der Waals surface area (Å²) in [4.78, 5) is 12.5. The summed E-state index contributed by atoms with van der Waals surface area (Å²) in [5, 5.41) is 17.1. The van der Waals surface area contributed by atoms with Gasteiger partial charge in [0.25, 0.3) is 0 Å². The maximum atomic E-state index is 12.5. The van der Waals surface area contributed by atoms with Gasteiger partial charge in [-0.3, -0.25) is 4.79 Å². The molecule has 1 aliphatic carbocycles. The summed E-state index contributed by atoms with van der Waals surface area (Å²) in [6.45, 7) is 0. The second-order valence-corrected chi connectivity index (χ2v) is 7.82. The van der Waals surface area contributed by atoms with Crippen LogP contribution in [0.4, 0.5) is 5.13 Å². The SMILES string of the molecule is O=C(C[C@@H](c1ccsc1)n1cccc1)Nc1nnc(C2CCC2)s1. The zero-order valence-electron chi connectivity index (χ0n) is 13.1. The van der Waals surface area contributed by atoms with Gasteiger partial charge in [0.1, 0.15) is 5.01 Å². The molecule has 1 fully saturated rings. The monoisotopic (exact) mass is 358 g/mol. The molecule has 0 aliphatic heterocycles. The Bertz CT molecular complexity index is 756. The number of thiophene rings is 1. The van der Waals surface area contributed by atoms with Crippen LogP contribution in [0, 0.1) is 0 Å². The minimum absolute atomic E-state index is 0.00488. The van der Waals surface area contributed by atoms with E-state index in [0.717, 1.165) is 10.6 Å². The molecule has 3 heterocycles. The number of aromatic nitrogens is 3. The van der Waals surface area contributed by atoms with Gasteiger partial charge in [0, 0.05) is 18.3 Å². The summed E-state index contributed by atoms with van der Waals surface area (Å²) in [6.07, 6.45) is 8.02. The minimum atomic E-state index is -0.0313. The molecule has 0 spiro atoms. The predicted octanol–water partition coefficient (Wildman–Crippen LogP) is 4.29. The minimum Gasteiger partial charge on any atom is -0.346 e. The van der Waals surface area contributed by atoms with E-state index in [1.54, 1.807) is 11.3 Å². The van der Waals surface area contributed by atoms with Crippen LogP contribution in [-0.4, -0.2) is 20.7 Å². The molecule has 7 heteroatoms. The van der Waals surface area contributed by atoms with E-state index in [-0.39, 0.29) is 11.9 Å². The Morgan fingerprint density at radius 2 is 2.17 bits per heavy atom. The number of nitrogens with zero attached hydrogens (tertiary/aromatic N) is 3. The molecular formula is C17H18N4OS2. The van der Waals surface area contributed by atoms with Crippen LogP contribution in [0.3, 0.4) is 0 Å². The van der Waals surface area contributed by atoms with Crippen molar-refractivity contribution < 1.29 is 4.79 Å². The fourth-order valence-corrected chi connectivity index (χ4v) is 4.50. The number of hydrogen-bond acceptors (Lipinski definition) is 5. The summed E-state index contributed by atoms with van der Waals surface area (Å²) in [5.74, 6) is 0.516. The number of rotatable bonds is 6. The highest BCUT2D eigenvalue weighted by Crippen LogP contribution is 2.38. The molecule has 5 nitrogen and oxygen atoms in total. The van der Waals surface area contributed by atoms with Crippen LogP contribution in [0.5, 0.6) is 0 Å². The smallest absolute Gasteiger partial charge is 0.228 e. The summed E-state index contributed by atoms with van der Waals surface area (Å²) in [7, 11) is 0. The Morgan fingerprint density at radius 1 is 1.33 bits per heavy atom. The molecule has 3 aromatic rings. The Balaban J connectivity index is 1.44. The largest absolute Gasteiger partial charge is 0.346 e. The third-order valence-electron chi connectivity index (χ3n) is 4.44. The molecule has 4 rings (SSSR count). The van der Waals surface area contributed by atoms with Crippen molar-refractivity contribution in [3.8, 4) is 0 Å². The van der Waals surface area contributed by atoms with Gasteiger partial charge in [-0.05, 0) is 47.4 Å². The van der Waals surface area contributed by atoms with Gasteiger partial charge in [0.2, 0.25) is 11.0 Å². The second-order valence-electron chi connectivity index (χ2n) is 6.03. The zero-order valence-corrected chi connectivity index (χ0v) is 14.7. The Hall–Kier alpha value is -1.99. The van der Waals surface area contributed by atoms with Gasteiger partial charge >= 0.3 is 0 Å². The van der Waals surface area contributed by atoms with E-state index in [1.807, 2.05) is 29.9 Å². The standard InChI is InChI=1S/C17H18N4OS2/c22-15(18-17-20-19-16(24-17)12-4-3-5-12)10-14(13-6-9-23-11-13)21-7-1-2-8-21/h1-2,6-9,11-12,14H,3-5,10H2,(H,18,20,22)/t14-/m0/s1. The Morgan fingerprint density at radius 3 is 2.83 bits per heavy atom. The molecule has 1 atom stereocenters. The maximum absolute atomic E-state index is 12.5. The lowest BCUT2D eigenvalue weighted by Crippen LogP contribution is -2.19. The molecule has 0 saturated heterocycles. The predicted molar refractivity (Wildman–Crippen MR) is 96.6 cm³/mol. The van der Waals surface area contributed by atoms with Gasteiger partial charge in [-0.15, -0.1) is 10.2 Å². The van der Waals surface area contributed by atoms with Crippen LogP contribution in [0.2, 0.25) is 0 Å². The molecule has 24 heavy (non-hydrogen) atoms.